The summed E-state index contributed by atoms with van der Waals surface area (Å²) in [6.07, 6.45) is 11.8. The van der Waals surface area contributed by atoms with Gasteiger partial charge in [-0.25, -0.2) is 9.97 Å². The van der Waals surface area contributed by atoms with Crippen LogP contribution in [-0.4, -0.2) is 21.7 Å². The number of hydrogen-bond donors (Lipinski definition) is 1. The molecule has 130 valence electrons. The van der Waals surface area contributed by atoms with E-state index in [0.29, 0.717) is 23.7 Å². The molecule has 0 aliphatic carbocycles. The van der Waals surface area contributed by atoms with Gasteiger partial charge in [-0.1, -0.05) is 39.5 Å². The van der Waals surface area contributed by atoms with Gasteiger partial charge in [-0.2, -0.15) is 0 Å². The Morgan fingerprint density at radius 2 is 1.71 bits per heavy atom. The molecule has 0 atom stereocenters. The van der Waals surface area contributed by atoms with Crippen molar-refractivity contribution in [3.8, 4) is 22.9 Å². The number of hydrogen-bond acceptors (Lipinski definition) is 4. The molecule has 0 amide bonds. The van der Waals surface area contributed by atoms with E-state index < -0.39 is 0 Å². The molecule has 0 fully saturated rings. The molecule has 1 heterocycles. The molecule has 4 heteroatoms. The molecule has 4 nitrogen and oxygen atoms in total. The number of ether oxygens (including phenoxy) is 1. The maximum atomic E-state index is 10.2. The normalized spacial score (nSPS) is 10.8. The zero-order chi connectivity index (χ0) is 17.2. The molecule has 2 rings (SSSR count). The van der Waals surface area contributed by atoms with Gasteiger partial charge in [-0.05, 0) is 37.0 Å². The third-order valence-electron chi connectivity index (χ3n) is 4.00. The zero-order valence-electron chi connectivity index (χ0n) is 14.8. The summed E-state index contributed by atoms with van der Waals surface area (Å²) < 4.78 is 5.60. The number of aromatic nitrogens is 2. The minimum atomic E-state index is 0.152. The number of aryl methyl sites for hydroxylation is 1. The summed E-state index contributed by atoms with van der Waals surface area (Å²) in [4.78, 5) is 8.80. The molecule has 0 saturated carbocycles. The van der Waals surface area contributed by atoms with Crippen molar-refractivity contribution in [3.63, 3.8) is 0 Å². The fourth-order valence-corrected chi connectivity index (χ4v) is 2.50. The lowest BCUT2D eigenvalue weighted by atomic mass is 10.1. The fourth-order valence-electron chi connectivity index (χ4n) is 2.50. The first kappa shape index (κ1) is 18.2. The first-order valence-corrected chi connectivity index (χ1v) is 9.01. The maximum Gasteiger partial charge on any atom is 0.162 e. The number of nitrogens with zero attached hydrogens (tertiary/aromatic N) is 2. The van der Waals surface area contributed by atoms with Crippen LogP contribution in [0.5, 0.6) is 11.5 Å². The van der Waals surface area contributed by atoms with Gasteiger partial charge in [0.15, 0.2) is 5.82 Å². The van der Waals surface area contributed by atoms with Crippen LogP contribution in [0.3, 0.4) is 0 Å². The van der Waals surface area contributed by atoms with E-state index in [1.165, 1.54) is 25.7 Å². The standard InChI is InChI=1S/C20H28N2O2/c1-3-5-7-8-9-16-14-21-20(22-15-16)18-11-10-17(13-19(18)23)24-12-6-4-2/h10-11,13-15,23H,3-9,12H2,1-2H3. The van der Waals surface area contributed by atoms with Gasteiger partial charge in [0, 0.05) is 18.5 Å². The van der Waals surface area contributed by atoms with Crippen molar-refractivity contribution >= 4 is 0 Å². The molecule has 0 unspecified atom stereocenters. The molecule has 2 aromatic rings. The van der Waals surface area contributed by atoms with Gasteiger partial charge in [-0.3, -0.25) is 0 Å². The largest absolute Gasteiger partial charge is 0.507 e. The van der Waals surface area contributed by atoms with E-state index in [1.807, 2.05) is 24.5 Å². The highest BCUT2D eigenvalue weighted by atomic mass is 16.5. The van der Waals surface area contributed by atoms with Crippen LogP contribution in [0.1, 0.15) is 57.9 Å². The Balaban J connectivity index is 1.98. The number of phenols is 1. The van der Waals surface area contributed by atoms with E-state index in [2.05, 4.69) is 23.8 Å². The Hall–Kier alpha value is -2.10. The van der Waals surface area contributed by atoms with Crippen molar-refractivity contribution in [3.05, 3.63) is 36.2 Å². The van der Waals surface area contributed by atoms with Gasteiger partial charge in [0.25, 0.3) is 0 Å². The minimum absolute atomic E-state index is 0.152. The summed E-state index contributed by atoms with van der Waals surface area (Å²) in [5, 5.41) is 10.2. The highest BCUT2D eigenvalue weighted by Crippen LogP contribution is 2.30. The van der Waals surface area contributed by atoms with Gasteiger partial charge in [0.05, 0.1) is 12.2 Å². The summed E-state index contributed by atoms with van der Waals surface area (Å²) >= 11 is 0. The van der Waals surface area contributed by atoms with Gasteiger partial charge in [-0.15, -0.1) is 0 Å². The van der Waals surface area contributed by atoms with Crippen molar-refractivity contribution in [1.29, 1.82) is 0 Å². The number of phenolic OH excluding ortho intramolecular Hbond substituents is 1. The first-order valence-electron chi connectivity index (χ1n) is 9.01. The van der Waals surface area contributed by atoms with Gasteiger partial charge in [0.2, 0.25) is 0 Å². The molecule has 1 aromatic heterocycles. The van der Waals surface area contributed by atoms with Crippen molar-refractivity contribution in [1.82, 2.24) is 9.97 Å². The van der Waals surface area contributed by atoms with E-state index in [-0.39, 0.29) is 5.75 Å². The molecule has 0 spiro atoms. The Bertz CT molecular complexity index is 612. The zero-order valence-corrected chi connectivity index (χ0v) is 14.8. The highest BCUT2D eigenvalue weighted by molar-refractivity contribution is 5.64. The second-order valence-electron chi connectivity index (χ2n) is 6.11. The van der Waals surface area contributed by atoms with Crippen molar-refractivity contribution < 1.29 is 9.84 Å². The first-order chi connectivity index (χ1) is 11.7. The van der Waals surface area contributed by atoms with Gasteiger partial charge in [0.1, 0.15) is 11.5 Å². The summed E-state index contributed by atoms with van der Waals surface area (Å²) in [7, 11) is 0. The van der Waals surface area contributed by atoms with Crippen molar-refractivity contribution in [2.75, 3.05) is 6.61 Å². The predicted molar refractivity (Wildman–Crippen MR) is 97.4 cm³/mol. The molecule has 0 aliphatic rings. The Kier molecular flexibility index (Phi) is 7.53. The Morgan fingerprint density at radius 1 is 0.958 bits per heavy atom. The highest BCUT2D eigenvalue weighted by Gasteiger charge is 2.09. The summed E-state index contributed by atoms with van der Waals surface area (Å²) in [5.74, 6) is 1.38. The van der Waals surface area contributed by atoms with E-state index in [0.717, 1.165) is 24.8 Å². The summed E-state index contributed by atoms with van der Waals surface area (Å²) in [5.41, 5.74) is 1.78. The van der Waals surface area contributed by atoms with Crippen LogP contribution in [0.2, 0.25) is 0 Å². The average molecular weight is 328 g/mol. The molecule has 0 bridgehead atoms. The van der Waals surface area contributed by atoms with Crippen molar-refractivity contribution in [2.45, 2.75) is 58.8 Å². The SMILES string of the molecule is CCCCCCc1cnc(-c2ccc(OCCCC)cc2O)nc1. The molecule has 0 saturated heterocycles. The molecule has 0 radical (unpaired) electrons. The molecular weight excluding hydrogens is 300 g/mol. The minimum Gasteiger partial charge on any atom is -0.507 e. The van der Waals surface area contributed by atoms with Crippen LogP contribution >= 0.6 is 0 Å². The van der Waals surface area contributed by atoms with Gasteiger partial charge < -0.3 is 9.84 Å². The van der Waals surface area contributed by atoms with E-state index in [4.69, 9.17) is 4.74 Å². The van der Waals surface area contributed by atoms with E-state index in [9.17, 15) is 5.11 Å². The van der Waals surface area contributed by atoms with Crippen LogP contribution in [0.15, 0.2) is 30.6 Å². The number of benzene rings is 1. The van der Waals surface area contributed by atoms with Gasteiger partial charge >= 0.3 is 0 Å². The lowest BCUT2D eigenvalue weighted by Gasteiger charge is -2.09. The maximum absolute atomic E-state index is 10.2. The van der Waals surface area contributed by atoms with E-state index >= 15 is 0 Å². The average Bonchev–Trinajstić information content (AvgIpc) is 2.60. The topological polar surface area (TPSA) is 55.2 Å². The van der Waals surface area contributed by atoms with Crippen molar-refractivity contribution in [2.24, 2.45) is 0 Å². The second kappa shape index (κ2) is 9.91. The molecule has 24 heavy (non-hydrogen) atoms. The monoisotopic (exact) mass is 328 g/mol. The third-order valence-corrected chi connectivity index (χ3v) is 4.00. The molecule has 1 aromatic carbocycles. The third kappa shape index (κ3) is 5.52. The summed E-state index contributed by atoms with van der Waals surface area (Å²) in [6, 6.07) is 5.30. The number of rotatable bonds is 10. The number of aromatic hydroxyl groups is 1. The molecule has 1 N–H and O–H groups in total. The fraction of sp³-hybridized carbons (Fsp3) is 0.500. The second-order valence-corrected chi connectivity index (χ2v) is 6.11. The van der Waals surface area contributed by atoms with Crippen LogP contribution in [0, 0.1) is 0 Å². The van der Waals surface area contributed by atoms with Crippen LogP contribution in [0.25, 0.3) is 11.4 Å². The molecule has 0 aliphatic heterocycles. The molecular formula is C20H28N2O2. The lowest BCUT2D eigenvalue weighted by molar-refractivity contribution is 0.307. The smallest absolute Gasteiger partial charge is 0.162 e. The summed E-state index contributed by atoms with van der Waals surface area (Å²) in [6.45, 7) is 5.00. The van der Waals surface area contributed by atoms with E-state index in [1.54, 1.807) is 6.07 Å². The number of unbranched alkanes of at least 4 members (excludes halogenated alkanes) is 4. The van der Waals surface area contributed by atoms with Crippen LogP contribution in [-0.2, 0) is 6.42 Å². The van der Waals surface area contributed by atoms with Crippen LogP contribution < -0.4 is 4.74 Å². The predicted octanol–water partition coefficient (Wildman–Crippen LogP) is 5.15. The Morgan fingerprint density at radius 3 is 2.38 bits per heavy atom. The van der Waals surface area contributed by atoms with Crippen LogP contribution in [0.4, 0.5) is 0 Å². The Labute approximate surface area is 144 Å². The lowest BCUT2D eigenvalue weighted by Crippen LogP contribution is -1.97. The quantitative estimate of drug-likeness (QED) is 0.613.